The molecule has 0 aromatic rings. The first kappa shape index (κ1) is 13.1. The van der Waals surface area contributed by atoms with E-state index in [1.54, 1.807) is 4.90 Å². The summed E-state index contributed by atoms with van der Waals surface area (Å²) in [6, 6.07) is -0.601. The molecular formula is C14H21NO3. The van der Waals surface area contributed by atoms with Crippen molar-refractivity contribution >= 4 is 11.9 Å². The Labute approximate surface area is 108 Å². The van der Waals surface area contributed by atoms with Crippen LogP contribution in [0.15, 0.2) is 11.6 Å². The van der Waals surface area contributed by atoms with Gasteiger partial charge in [0.15, 0.2) is 0 Å². The number of aliphatic carboxylic acids is 1. The van der Waals surface area contributed by atoms with Gasteiger partial charge in [0.25, 0.3) is 0 Å². The second kappa shape index (κ2) is 6.03. The lowest BCUT2D eigenvalue weighted by Crippen LogP contribution is -2.48. The number of likely N-dealkylation sites (tertiary alicyclic amines) is 1. The first-order chi connectivity index (χ1) is 8.68. The van der Waals surface area contributed by atoms with E-state index in [0.717, 1.165) is 32.1 Å². The Hall–Kier alpha value is -1.32. The minimum absolute atomic E-state index is 0.00440. The van der Waals surface area contributed by atoms with E-state index in [0.29, 0.717) is 19.4 Å². The van der Waals surface area contributed by atoms with Gasteiger partial charge in [-0.1, -0.05) is 11.6 Å². The molecule has 4 nitrogen and oxygen atoms in total. The standard InChI is InChI=1S/C14H21NO3/c16-13(10-11-6-2-1-3-7-11)15-9-5-4-8-12(15)14(17)18/h6,12H,1-5,7-10H2,(H,17,18)/t12-/m0/s1. The third-order valence-electron chi connectivity index (χ3n) is 3.87. The Morgan fingerprint density at radius 3 is 2.78 bits per heavy atom. The smallest absolute Gasteiger partial charge is 0.326 e. The van der Waals surface area contributed by atoms with Crippen molar-refractivity contribution in [2.75, 3.05) is 6.54 Å². The van der Waals surface area contributed by atoms with Crippen molar-refractivity contribution in [2.45, 2.75) is 57.4 Å². The second-order valence-electron chi connectivity index (χ2n) is 5.22. The molecule has 2 aliphatic rings. The number of rotatable bonds is 3. The van der Waals surface area contributed by atoms with Crippen LogP contribution in [0.5, 0.6) is 0 Å². The fourth-order valence-electron chi connectivity index (χ4n) is 2.85. The summed E-state index contributed by atoms with van der Waals surface area (Å²) in [5.74, 6) is -0.865. The summed E-state index contributed by atoms with van der Waals surface area (Å²) in [5.41, 5.74) is 1.20. The number of allylic oxidation sites excluding steroid dienone is 1. The van der Waals surface area contributed by atoms with Gasteiger partial charge in [0, 0.05) is 13.0 Å². The van der Waals surface area contributed by atoms with Gasteiger partial charge in [0.1, 0.15) is 6.04 Å². The normalized spacial score (nSPS) is 24.6. The molecule has 1 N–H and O–H groups in total. The number of carboxylic acids is 1. The van der Waals surface area contributed by atoms with Gasteiger partial charge in [-0.25, -0.2) is 4.79 Å². The molecule has 1 aliphatic carbocycles. The molecule has 0 saturated carbocycles. The van der Waals surface area contributed by atoms with Crippen molar-refractivity contribution < 1.29 is 14.7 Å². The third-order valence-corrected chi connectivity index (χ3v) is 3.87. The Bertz CT molecular complexity index is 362. The van der Waals surface area contributed by atoms with Gasteiger partial charge < -0.3 is 10.0 Å². The van der Waals surface area contributed by atoms with Gasteiger partial charge >= 0.3 is 5.97 Å². The molecule has 1 saturated heterocycles. The summed E-state index contributed by atoms with van der Waals surface area (Å²) in [4.78, 5) is 24.9. The lowest BCUT2D eigenvalue weighted by Gasteiger charge is -2.33. The molecule has 1 aliphatic heterocycles. The minimum atomic E-state index is -0.860. The van der Waals surface area contributed by atoms with Gasteiger partial charge in [-0.2, -0.15) is 0 Å². The summed E-state index contributed by atoms with van der Waals surface area (Å²) in [6.07, 6.45) is 9.42. The number of carbonyl (C=O) groups is 2. The number of carboxylic acid groups (broad SMARTS) is 1. The zero-order valence-corrected chi connectivity index (χ0v) is 10.7. The quantitative estimate of drug-likeness (QED) is 0.783. The Morgan fingerprint density at radius 1 is 1.28 bits per heavy atom. The number of carbonyl (C=O) groups excluding carboxylic acids is 1. The van der Waals surface area contributed by atoms with Crippen LogP contribution in [-0.2, 0) is 9.59 Å². The number of hydrogen-bond acceptors (Lipinski definition) is 2. The highest BCUT2D eigenvalue weighted by Gasteiger charge is 2.31. The average molecular weight is 251 g/mol. The topological polar surface area (TPSA) is 57.6 Å². The lowest BCUT2D eigenvalue weighted by molar-refractivity contribution is -0.151. The highest BCUT2D eigenvalue weighted by Crippen LogP contribution is 2.24. The molecule has 2 rings (SSSR count). The van der Waals surface area contributed by atoms with Gasteiger partial charge in [-0.3, -0.25) is 4.79 Å². The first-order valence-electron chi connectivity index (χ1n) is 6.88. The van der Waals surface area contributed by atoms with E-state index in [4.69, 9.17) is 5.11 Å². The largest absolute Gasteiger partial charge is 0.480 e. The van der Waals surface area contributed by atoms with Crippen LogP contribution in [0.25, 0.3) is 0 Å². The Kier molecular flexibility index (Phi) is 4.39. The summed E-state index contributed by atoms with van der Waals surface area (Å²) in [5, 5.41) is 9.15. The summed E-state index contributed by atoms with van der Waals surface area (Å²) in [6.45, 7) is 0.600. The van der Waals surface area contributed by atoms with E-state index >= 15 is 0 Å². The van der Waals surface area contributed by atoms with E-state index < -0.39 is 12.0 Å². The fraction of sp³-hybridized carbons (Fsp3) is 0.714. The predicted molar refractivity (Wildman–Crippen MR) is 68.2 cm³/mol. The van der Waals surface area contributed by atoms with Crippen molar-refractivity contribution in [3.8, 4) is 0 Å². The predicted octanol–water partition coefficient (Wildman–Crippen LogP) is 2.34. The summed E-state index contributed by atoms with van der Waals surface area (Å²) >= 11 is 0. The molecule has 0 aromatic heterocycles. The SMILES string of the molecule is O=C(O)[C@@H]1CCCCN1C(=O)CC1=CCCCC1. The maximum atomic E-state index is 12.2. The molecule has 1 fully saturated rings. The summed E-state index contributed by atoms with van der Waals surface area (Å²) < 4.78 is 0. The second-order valence-corrected chi connectivity index (χ2v) is 5.22. The molecule has 100 valence electrons. The molecular weight excluding hydrogens is 230 g/mol. The van der Waals surface area contributed by atoms with Crippen LogP contribution in [0.2, 0.25) is 0 Å². The highest BCUT2D eigenvalue weighted by molar-refractivity contribution is 5.85. The summed E-state index contributed by atoms with van der Waals surface area (Å²) in [7, 11) is 0. The van der Waals surface area contributed by atoms with Crippen LogP contribution < -0.4 is 0 Å². The van der Waals surface area contributed by atoms with Crippen molar-refractivity contribution in [3.05, 3.63) is 11.6 Å². The molecule has 0 aromatic carbocycles. The van der Waals surface area contributed by atoms with E-state index in [2.05, 4.69) is 6.08 Å². The molecule has 1 amide bonds. The number of hydrogen-bond donors (Lipinski definition) is 1. The van der Waals surface area contributed by atoms with Crippen molar-refractivity contribution in [1.29, 1.82) is 0 Å². The average Bonchev–Trinajstić information content (AvgIpc) is 2.40. The van der Waals surface area contributed by atoms with Crippen LogP contribution in [0, 0.1) is 0 Å². The molecule has 1 atom stereocenters. The maximum Gasteiger partial charge on any atom is 0.326 e. The molecule has 18 heavy (non-hydrogen) atoms. The van der Waals surface area contributed by atoms with Crippen LogP contribution >= 0.6 is 0 Å². The zero-order valence-electron chi connectivity index (χ0n) is 10.7. The van der Waals surface area contributed by atoms with Crippen molar-refractivity contribution in [3.63, 3.8) is 0 Å². The monoisotopic (exact) mass is 251 g/mol. The molecule has 1 heterocycles. The Balaban J connectivity index is 1.97. The molecule has 0 bridgehead atoms. The van der Waals surface area contributed by atoms with Gasteiger partial charge in [-0.05, 0) is 44.9 Å². The Morgan fingerprint density at radius 2 is 2.11 bits per heavy atom. The highest BCUT2D eigenvalue weighted by atomic mass is 16.4. The van der Waals surface area contributed by atoms with E-state index in [9.17, 15) is 9.59 Å². The van der Waals surface area contributed by atoms with Crippen LogP contribution in [0.3, 0.4) is 0 Å². The number of piperidine rings is 1. The molecule has 4 heteroatoms. The number of amides is 1. The van der Waals surface area contributed by atoms with Gasteiger partial charge in [0.05, 0.1) is 0 Å². The molecule has 0 spiro atoms. The fourth-order valence-corrected chi connectivity index (χ4v) is 2.85. The van der Waals surface area contributed by atoms with E-state index in [1.165, 1.54) is 12.0 Å². The van der Waals surface area contributed by atoms with E-state index in [-0.39, 0.29) is 5.91 Å². The van der Waals surface area contributed by atoms with Crippen LogP contribution in [0.1, 0.15) is 51.4 Å². The third kappa shape index (κ3) is 3.12. The van der Waals surface area contributed by atoms with E-state index in [1.807, 2.05) is 0 Å². The molecule has 0 unspecified atom stereocenters. The number of nitrogens with zero attached hydrogens (tertiary/aromatic N) is 1. The zero-order chi connectivity index (χ0) is 13.0. The minimum Gasteiger partial charge on any atom is -0.480 e. The lowest BCUT2D eigenvalue weighted by atomic mass is 9.95. The van der Waals surface area contributed by atoms with Gasteiger partial charge in [-0.15, -0.1) is 0 Å². The van der Waals surface area contributed by atoms with Crippen molar-refractivity contribution in [2.24, 2.45) is 0 Å². The molecule has 0 radical (unpaired) electrons. The van der Waals surface area contributed by atoms with Crippen molar-refractivity contribution in [1.82, 2.24) is 4.90 Å². The van der Waals surface area contributed by atoms with Crippen LogP contribution in [-0.4, -0.2) is 34.5 Å². The first-order valence-corrected chi connectivity index (χ1v) is 6.88. The van der Waals surface area contributed by atoms with Crippen LogP contribution in [0.4, 0.5) is 0 Å². The maximum absolute atomic E-state index is 12.2. The van der Waals surface area contributed by atoms with Gasteiger partial charge in [0.2, 0.25) is 5.91 Å².